The summed E-state index contributed by atoms with van der Waals surface area (Å²) in [5.74, 6) is 0.0709. The smallest absolute Gasteiger partial charge is 0.207 e. The molecule has 0 spiro atoms. The van der Waals surface area contributed by atoms with Crippen molar-refractivity contribution in [3.05, 3.63) is 45.4 Å². The summed E-state index contributed by atoms with van der Waals surface area (Å²) in [4.78, 5) is 8.66. The van der Waals surface area contributed by atoms with E-state index in [2.05, 4.69) is 32.6 Å². The van der Waals surface area contributed by atoms with Crippen molar-refractivity contribution in [2.24, 2.45) is 0 Å². The van der Waals surface area contributed by atoms with Gasteiger partial charge < -0.3 is 5.73 Å². The van der Waals surface area contributed by atoms with Crippen molar-refractivity contribution >= 4 is 39.7 Å². The van der Waals surface area contributed by atoms with Gasteiger partial charge in [0, 0.05) is 9.77 Å². The number of anilines is 1. The number of benzene rings is 1. The number of nitrogens with two attached hydrogens (primary N) is 1. The molecule has 19 heavy (non-hydrogen) atoms. The van der Waals surface area contributed by atoms with Crippen LogP contribution in [0.1, 0.15) is 5.56 Å². The first-order chi connectivity index (χ1) is 9.08. The molecule has 1 aromatic carbocycles. The fraction of sp³-hybridized carbons (Fsp3) is 0.0769. The average Bonchev–Trinajstić information content (AvgIpc) is 2.68. The second-order valence-electron chi connectivity index (χ2n) is 4.20. The number of rotatable bonds is 1. The van der Waals surface area contributed by atoms with Gasteiger partial charge in [0.15, 0.2) is 5.65 Å². The van der Waals surface area contributed by atoms with Crippen LogP contribution in [0.15, 0.2) is 30.5 Å². The van der Waals surface area contributed by atoms with Crippen molar-refractivity contribution in [3.63, 3.8) is 0 Å². The molecule has 0 atom stereocenters. The Balaban J connectivity index is 2.36. The topological polar surface area (TPSA) is 56.7 Å². The van der Waals surface area contributed by atoms with E-state index in [0.717, 1.165) is 20.3 Å². The standard InChI is InChI=1S/C13H10FIN4/c1-7-4-5-17-12-11(7)18-13(16)19(12)10-3-2-8(14)6-9(10)15/h2-6H,1H3,(H2,16,18). The van der Waals surface area contributed by atoms with E-state index in [4.69, 9.17) is 5.73 Å². The van der Waals surface area contributed by atoms with Crippen LogP contribution >= 0.6 is 22.6 Å². The molecular formula is C13H10FIN4. The van der Waals surface area contributed by atoms with Crippen LogP contribution in [-0.2, 0) is 0 Å². The minimum absolute atomic E-state index is 0.278. The molecule has 3 aromatic rings. The van der Waals surface area contributed by atoms with Crippen LogP contribution in [0.3, 0.4) is 0 Å². The van der Waals surface area contributed by atoms with Crippen LogP contribution in [0.25, 0.3) is 16.9 Å². The molecule has 2 aromatic heterocycles. The second kappa shape index (κ2) is 4.44. The van der Waals surface area contributed by atoms with Crippen molar-refractivity contribution < 1.29 is 4.39 Å². The number of fused-ring (bicyclic) bond motifs is 1. The fourth-order valence-corrected chi connectivity index (χ4v) is 2.73. The lowest BCUT2D eigenvalue weighted by molar-refractivity contribution is 0.626. The number of aryl methyl sites for hydroxylation is 1. The van der Waals surface area contributed by atoms with Gasteiger partial charge in [0.25, 0.3) is 0 Å². The van der Waals surface area contributed by atoms with Gasteiger partial charge in [-0.15, -0.1) is 0 Å². The quantitative estimate of drug-likeness (QED) is 0.672. The van der Waals surface area contributed by atoms with Crippen LogP contribution < -0.4 is 5.73 Å². The van der Waals surface area contributed by atoms with Gasteiger partial charge in [-0.25, -0.2) is 14.4 Å². The SMILES string of the molecule is Cc1ccnc2c1nc(N)n2-c1ccc(F)cc1I. The minimum Gasteiger partial charge on any atom is -0.369 e. The lowest BCUT2D eigenvalue weighted by Gasteiger charge is -2.08. The Labute approximate surface area is 122 Å². The van der Waals surface area contributed by atoms with E-state index in [0.29, 0.717) is 11.6 Å². The van der Waals surface area contributed by atoms with Crippen LogP contribution in [0.2, 0.25) is 0 Å². The number of halogens is 2. The molecule has 0 aliphatic carbocycles. The number of nitrogen functional groups attached to an aromatic ring is 1. The number of nitrogens with zero attached hydrogens (tertiary/aromatic N) is 3. The van der Waals surface area contributed by atoms with Gasteiger partial charge in [0.05, 0.1) is 5.69 Å². The molecule has 0 saturated heterocycles. The largest absolute Gasteiger partial charge is 0.369 e. The monoisotopic (exact) mass is 368 g/mol. The average molecular weight is 368 g/mol. The van der Waals surface area contributed by atoms with E-state index < -0.39 is 0 Å². The fourth-order valence-electron chi connectivity index (χ4n) is 2.01. The third-order valence-corrected chi connectivity index (χ3v) is 3.79. The lowest BCUT2D eigenvalue weighted by Crippen LogP contribution is -2.03. The summed E-state index contributed by atoms with van der Waals surface area (Å²) < 4.78 is 15.7. The summed E-state index contributed by atoms with van der Waals surface area (Å²) in [6.07, 6.45) is 1.71. The van der Waals surface area contributed by atoms with Crippen molar-refractivity contribution in [2.45, 2.75) is 6.92 Å². The van der Waals surface area contributed by atoms with Gasteiger partial charge in [-0.2, -0.15) is 0 Å². The molecule has 0 aliphatic rings. The molecule has 0 fully saturated rings. The number of hydrogen-bond acceptors (Lipinski definition) is 3. The predicted octanol–water partition coefficient (Wildman–Crippen LogP) is 3.05. The Hall–Kier alpha value is -1.70. The molecular weight excluding hydrogens is 358 g/mol. The molecule has 2 heterocycles. The third kappa shape index (κ3) is 1.95. The summed E-state index contributed by atoms with van der Waals surface area (Å²) in [5, 5.41) is 0. The van der Waals surface area contributed by atoms with E-state index >= 15 is 0 Å². The van der Waals surface area contributed by atoms with Gasteiger partial charge in [-0.3, -0.25) is 4.57 Å². The van der Waals surface area contributed by atoms with E-state index in [9.17, 15) is 4.39 Å². The highest BCUT2D eigenvalue weighted by Crippen LogP contribution is 2.26. The van der Waals surface area contributed by atoms with E-state index in [1.54, 1.807) is 16.8 Å². The molecule has 0 unspecified atom stereocenters. The number of pyridine rings is 1. The zero-order chi connectivity index (χ0) is 13.6. The summed E-state index contributed by atoms with van der Waals surface area (Å²) >= 11 is 2.07. The van der Waals surface area contributed by atoms with E-state index in [1.165, 1.54) is 12.1 Å². The third-order valence-electron chi connectivity index (χ3n) is 2.92. The lowest BCUT2D eigenvalue weighted by atomic mass is 10.2. The predicted molar refractivity (Wildman–Crippen MR) is 80.7 cm³/mol. The van der Waals surface area contributed by atoms with Gasteiger partial charge in [0.2, 0.25) is 5.95 Å². The molecule has 4 nitrogen and oxygen atoms in total. The summed E-state index contributed by atoms with van der Waals surface area (Å²) in [6.45, 7) is 1.95. The molecule has 0 saturated carbocycles. The Morgan fingerprint density at radius 1 is 1.32 bits per heavy atom. The molecule has 0 aliphatic heterocycles. The zero-order valence-corrected chi connectivity index (χ0v) is 12.2. The molecule has 96 valence electrons. The van der Waals surface area contributed by atoms with E-state index in [-0.39, 0.29) is 5.82 Å². The van der Waals surface area contributed by atoms with Crippen LogP contribution in [0.5, 0.6) is 0 Å². The molecule has 0 amide bonds. The normalized spacial score (nSPS) is 11.1. The first-order valence-corrected chi connectivity index (χ1v) is 6.71. The Morgan fingerprint density at radius 3 is 2.84 bits per heavy atom. The van der Waals surface area contributed by atoms with Crippen molar-refractivity contribution in [1.82, 2.24) is 14.5 Å². The zero-order valence-electron chi connectivity index (χ0n) is 10.1. The molecule has 2 N–H and O–H groups in total. The first kappa shape index (κ1) is 12.3. The highest BCUT2D eigenvalue weighted by Gasteiger charge is 2.14. The number of imidazole rings is 1. The summed E-state index contributed by atoms with van der Waals surface area (Å²) in [5.41, 5.74) is 9.21. The van der Waals surface area contributed by atoms with Crippen molar-refractivity contribution in [2.75, 3.05) is 5.73 Å². The van der Waals surface area contributed by atoms with Crippen LogP contribution in [-0.4, -0.2) is 14.5 Å². The van der Waals surface area contributed by atoms with Gasteiger partial charge in [-0.1, -0.05) is 0 Å². The molecule has 3 rings (SSSR count). The maximum Gasteiger partial charge on any atom is 0.207 e. The first-order valence-electron chi connectivity index (χ1n) is 5.63. The number of aromatic nitrogens is 3. The van der Waals surface area contributed by atoms with Gasteiger partial charge >= 0.3 is 0 Å². The minimum atomic E-state index is -0.278. The summed E-state index contributed by atoms with van der Waals surface area (Å²) in [6, 6.07) is 6.42. The van der Waals surface area contributed by atoms with Crippen LogP contribution in [0, 0.1) is 16.3 Å². The highest BCUT2D eigenvalue weighted by molar-refractivity contribution is 14.1. The maximum atomic E-state index is 13.2. The van der Waals surface area contributed by atoms with E-state index in [1.807, 2.05) is 13.0 Å². The van der Waals surface area contributed by atoms with Crippen molar-refractivity contribution in [3.8, 4) is 5.69 Å². The Kier molecular flexibility index (Phi) is 2.89. The summed E-state index contributed by atoms with van der Waals surface area (Å²) in [7, 11) is 0. The molecule has 0 bridgehead atoms. The Bertz CT molecular complexity index is 782. The van der Waals surface area contributed by atoms with Gasteiger partial charge in [-0.05, 0) is 59.3 Å². The van der Waals surface area contributed by atoms with Crippen molar-refractivity contribution in [1.29, 1.82) is 0 Å². The second-order valence-corrected chi connectivity index (χ2v) is 5.36. The Morgan fingerprint density at radius 2 is 2.11 bits per heavy atom. The number of hydrogen-bond donors (Lipinski definition) is 1. The van der Waals surface area contributed by atoms with Gasteiger partial charge in [0.1, 0.15) is 11.3 Å². The molecule has 0 radical (unpaired) electrons. The highest BCUT2D eigenvalue weighted by atomic mass is 127. The molecule has 6 heteroatoms. The maximum absolute atomic E-state index is 13.2. The van der Waals surface area contributed by atoms with Crippen LogP contribution in [0.4, 0.5) is 10.3 Å².